The van der Waals surface area contributed by atoms with Crippen LogP contribution in [0.3, 0.4) is 0 Å². The minimum absolute atomic E-state index is 0. The summed E-state index contributed by atoms with van der Waals surface area (Å²) in [4.78, 5) is 11.3. The summed E-state index contributed by atoms with van der Waals surface area (Å²) in [6, 6.07) is 12.3. The van der Waals surface area contributed by atoms with Gasteiger partial charge in [-0.2, -0.15) is 0 Å². The largest absolute Gasteiger partial charge is 1.00 e. The van der Waals surface area contributed by atoms with Crippen LogP contribution in [0.5, 0.6) is 0 Å². The van der Waals surface area contributed by atoms with Gasteiger partial charge in [-0.1, -0.05) is 76.1 Å². The normalized spacial score (nSPS) is 12.1. The topological polar surface area (TPSA) is 107 Å². The van der Waals surface area contributed by atoms with E-state index in [1.54, 1.807) is 0 Å². The third-order valence-electron chi connectivity index (χ3n) is 5.56. The van der Waals surface area contributed by atoms with E-state index in [0.717, 1.165) is 12.0 Å². The van der Waals surface area contributed by atoms with E-state index in [4.69, 9.17) is 0 Å². The van der Waals surface area contributed by atoms with E-state index >= 15 is 0 Å². The van der Waals surface area contributed by atoms with Crippen LogP contribution in [0.4, 0.5) is 5.69 Å². The summed E-state index contributed by atoms with van der Waals surface area (Å²) in [5.74, 6) is -1.01. The van der Waals surface area contributed by atoms with E-state index in [0.29, 0.717) is 5.69 Å². The molecule has 2 rings (SSSR count). The summed E-state index contributed by atoms with van der Waals surface area (Å²) in [5, 5.41) is 12.5. The Morgan fingerprint density at radius 1 is 0.879 bits per heavy atom. The van der Waals surface area contributed by atoms with Gasteiger partial charge >= 0.3 is 35.5 Å². The average Bonchev–Trinajstić information content (AvgIpc) is 2.76. The van der Waals surface area contributed by atoms with Crippen LogP contribution in [0.2, 0.25) is 0 Å². The fourth-order valence-electron chi connectivity index (χ4n) is 3.66. The summed E-state index contributed by atoms with van der Waals surface area (Å²) < 4.78 is 33.1. The number of unbranched alkanes of at least 4 members (excludes halogenated alkanes) is 7. The van der Waals surface area contributed by atoms with Crippen LogP contribution in [0.1, 0.15) is 69.4 Å². The first kappa shape index (κ1) is 29.7. The maximum Gasteiger partial charge on any atom is 1.00 e. The number of carbonyl (C=O) groups is 1. The van der Waals surface area contributed by atoms with Gasteiger partial charge in [-0.15, -0.1) is 0 Å². The van der Waals surface area contributed by atoms with Gasteiger partial charge in [0, 0.05) is 12.1 Å². The summed E-state index contributed by atoms with van der Waals surface area (Å²) >= 11 is 0. The van der Waals surface area contributed by atoms with Gasteiger partial charge in [0.05, 0.1) is 4.90 Å². The molecule has 0 aliphatic heterocycles. The fourth-order valence-corrected chi connectivity index (χ4v) is 4.13. The maximum absolute atomic E-state index is 11.7. The standard InChI is InChI=1S/C25H35NO5S.Na/c1-2-3-4-5-6-7-8-9-10-20-11-13-21(14-12-20)19-24(25(27)28)26-22-15-17-23(18-16-22)32(29,30)31;/h11-18,24,26H,2-10,19H2,1H3,(H,27,28)(H,29,30,31);/q;+1/p-1/t24-;/m0./s1. The van der Waals surface area contributed by atoms with Crippen molar-refractivity contribution >= 4 is 21.8 Å². The van der Waals surface area contributed by atoms with Gasteiger partial charge in [-0.25, -0.2) is 13.2 Å². The van der Waals surface area contributed by atoms with Crippen LogP contribution in [-0.2, 0) is 27.8 Å². The molecule has 176 valence electrons. The van der Waals surface area contributed by atoms with Crippen LogP contribution in [0, 0.1) is 0 Å². The zero-order chi connectivity index (χ0) is 23.4. The second-order valence-corrected chi connectivity index (χ2v) is 9.64. The van der Waals surface area contributed by atoms with Crippen molar-refractivity contribution < 1.29 is 52.4 Å². The predicted molar refractivity (Wildman–Crippen MR) is 126 cm³/mol. The van der Waals surface area contributed by atoms with E-state index in [1.165, 1.54) is 81.2 Å². The molecule has 0 amide bonds. The molecular weight excluding hydrogens is 449 g/mol. The van der Waals surface area contributed by atoms with E-state index < -0.39 is 22.1 Å². The molecule has 0 saturated heterocycles. The number of nitrogens with one attached hydrogen (secondary N) is 1. The molecule has 2 aromatic rings. The van der Waals surface area contributed by atoms with Gasteiger partial charge in [0.1, 0.15) is 16.2 Å². The Balaban J connectivity index is 0.00000544. The van der Waals surface area contributed by atoms with Gasteiger partial charge < -0.3 is 15.0 Å². The maximum atomic E-state index is 11.7. The molecule has 0 fully saturated rings. The van der Waals surface area contributed by atoms with Crippen LogP contribution < -0.4 is 34.9 Å². The molecule has 0 aliphatic rings. The molecule has 8 heteroatoms. The number of carboxylic acid groups (broad SMARTS) is 1. The zero-order valence-electron chi connectivity index (χ0n) is 19.8. The van der Waals surface area contributed by atoms with Crippen molar-refractivity contribution in [2.45, 2.75) is 82.1 Å². The number of aliphatic carboxylic acids is 1. The van der Waals surface area contributed by atoms with Crippen LogP contribution in [-0.4, -0.2) is 30.1 Å². The number of aryl methyl sites for hydroxylation is 1. The van der Waals surface area contributed by atoms with Crippen LogP contribution in [0.15, 0.2) is 53.4 Å². The van der Waals surface area contributed by atoms with Crippen molar-refractivity contribution in [3.8, 4) is 0 Å². The minimum atomic E-state index is -4.53. The molecule has 0 aromatic heterocycles. The summed E-state index contributed by atoms with van der Waals surface area (Å²) in [7, 11) is -4.53. The van der Waals surface area contributed by atoms with Crippen molar-refractivity contribution in [1.82, 2.24) is 0 Å². The first-order valence-electron chi connectivity index (χ1n) is 11.4. The first-order valence-corrected chi connectivity index (χ1v) is 12.8. The Hall–Kier alpha value is -1.38. The number of hydrogen-bond donors (Lipinski definition) is 2. The Labute approximate surface area is 220 Å². The second-order valence-electron chi connectivity index (χ2n) is 8.26. The van der Waals surface area contributed by atoms with Gasteiger partial charge in [0.2, 0.25) is 0 Å². The fraction of sp³-hybridized carbons (Fsp3) is 0.480. The molecule has 33 heavy (non-hydrogen) atoms. The Bertz CT molecular complexity index is 930. The zero-order valence-corrected chi connectivity index (χ0v) is 22.6. The molecule has 1 atom stereocenters. The van der Waals surface area contributed by atoms with E-state index in [1.807, 2.05) is 12.1 Å². The van der Waals surface area contributed by atoms with Crippen molar-refractivity contribution in [2.24, 2.45) is 0 Å². The van der Waals surface area contributed by atoms with E-state index in [9.17, 15) is 22.9 Å². The Kier molecular flexibility index (Phi) is 13.9. The number of carboxylic acids is 1. The van der Waals surface area contributed by atoms with Gasteiger partial charge in [-0.3, -0.25) is 0 Å². The van der Waals surface area contributed by atoms with Gasteiger partial charge in [0.15, 0.2) is 0 Å². The predicted octanol–water partition coefficient (Wildman–Crippen LogP) is 2.39. The second kappa shape index (κ2) is 15.5. The SMILES string of the molecule is CCCCCCCCCCc1ccc(C[C@H](Nc2ccc(S(=O)(=O)[O-])cc2)C(=O)O)cc1.[Na+]. The quantitative estimate of drug-likeness (QED) is 0.229. The smallest absolute Gasteiger partial charge is 0.744 e. The molecule has 6 nitrogen and oxygen atoms in total. The molecule has 0 unspecified atom stereocenters. The first-order chi connectivity index (χ1) is 15.3. The van der Waals surface area contributed by atoms with Gasteiger partial charge in [-0.05, 0) is 48.2 Å². The minimum Gasteiger partial charge on any atom is -0.744 e. The average molecular weight is 484 g/mol. The number of rotatable bonds is 15. The number of anilines is 1. The van der Waals surface area contributed by atoms with E-state index in [2.05, 4.69) is 24.4 Å². The van der Waals surface area contributed by atoms with Crippen molar-refractivity contribution in [3.05, 3.63) is 59.7 Å². The number of hydrogen-bond acceptors (Lipinski definition) is 5. The molecule has 0 saturated carbocycles. The van der Waals surface area contributed by atoms with Crippen LogP contribution >= 0.6 is 0 Å². The molecule has 0 radical (unpaired) electrons. The molecule has 0 heterocycles. The van der Waals surface area contributed by atoms with Crippen molar-refractivity contribution in [1.29, 1.82) is 0 Å². The molecule has 2 aromatic carbocycles. The third-order valence-corrected chi connectivity index (χ3v) is 6.41. The molecule has 0 spiro atoms. The molecule has 0 bridgehead atoms. The summed E-state index contributed by atoms with van der Waals surface area (Å²) in [5.41, 5.74) is 2.61. The van der Waals surface area contributed by atoms with Crippen molar-refractivity contribution in [2.75, 3.05) is 5.32 Å². The third kappa shape index (κ3) is 11.5. The molecular formula is C25H34NNaO5S. The number of benzene rings is 2. The van der Waals surface area contributed by atoms with E-state index in [-0.39, 0.29) is 40.9 Å². The summed E-state index contributed by atoms with van der Waals surface area (Å²) in [6.07, 6.45) is 11.6. The Morgan fingerprint density at radius 3 is 1.91 bits per heavy atom. The monoisotopic (exact) mass is 483 g/mol. The summed E-state index contributed by atoms with van der Waals surface area (Å²) in [6.45, 7) is 2.23. The molecule has 0 aliphatic carbocycles. The molecule has 2 N–H and O–H groups in total. The van der Waals surface area contributed by atoms with Gasteiger partial charge in [0.25, 0.3) is 0 Å². The van der Waals surface area contributed by atoms with Crippen molar-refractivity contribution in [3.63, 3.8) is 0 Å². The van der Waals surface area contributed by atoms with Crippen LogP contribution in [0.25, 0.3) is 0 Å². The Morgan fingerprint density at radius 2 is 1.39 bits per heavy atom.